The SMILES string of the molecule is O=C(Nc1nccs1)[C@H]1CCCN1C(=O)c1ccc2c(c1)CCC2. The van der Waals surface area contributed by atoms with Crippen molar-refractivity contribution in [2.24, 2.45) is 0 Å². The van der Waals surface area contributed by atoms with Gasteiger partial charge in [-0.15, -0.1) is 11.3 Å². The summed E-state index contributed by atoms with van der Waals surface area (Å²) in [7, 11) is 0. The standard InChI is InChI=1S/C18H19N3O2S/c22-16(20-18-19-8-10-24-18)15-5-2-9-21(15)17(23)14-7-6-12-3-1-4-13(12)11-14/h6-8,10-11,15H,1-5,9H2,(H,19,20,22)/t15-/m1/s1. The molecule has 0 spiro atoms. The van der Waals surface area contributed by atoms with E-state index in [1.165, 1.54) is 22.5 Å². The van der Waals surface area contributed by atoms with E-state index in [1.54, 1.807) is 11.1 Å². The van der Waals surface area contributed by atoms with Gasteiger partial charge in [-0.05, 0) is 55.4 Å². The van der Waals surface area contributed by atoms with Crippen LogP contribution >= 0.6 is 11.3 Å². The number of nitrogens with one attached hydrogen (secondary N) is 1. The van der Waals surface area contributed by atoms with Crippen molar-refractivity contribution in [3.63, 3.8) is 0 Å². The third-order valence-electron chi connectivity index (χ3n) is 4.82. The van der Waals surface area contributed by atoms with Crippen LogP contribution in [0.25, 0.3) is 0 Å². The number of carbonyl (C=O) groups is 2. The third kappa shape index (κ3) is 2.82. The molecule has 1 aromatic carbocycles. The van der Waals surface area contributed by atoms with Crippen LogP contribution < -0.4 is 5.32 Å². The molecule has 1 saturated heterocycles. The van der Waals surface area contributed by atoms with Crippen molar-refractivity contribution in [2.45, 2.75) is 38.1 Å². The molecule has 4 rings (SSSR count). The number of aromatic nitrogens is 1. The molecular weight excluding hydrogens is 322 g/mol. The smallest absolute Gasteiger partial charge is 0.254 e. The number of anilines is 1. The zero-order valence-electron chi connectivity index (χ0n) is 13.3. The molecule has 0 saturated carbocycles. The topological polar surface area (TPSA) is 62.3 Å². The van der Waals surface area contributed by atoms with Gasteiger partial charge in [-0.2, -0.15) is 0 Å². The van der Waals surface area contributed by atoms with Crippen LogP contribution in [0.3, 0.4) is 0 Å². The van der Waals surface area contributed by atoms with Gasteiger partial charge < -0.3 is 10.2 Å². The summed E-state index contributed by atoms with van der Waals surface area (Å²) in [4.78, 5) is 31.2. The molecule has 6 heteroatoms. The van der Waals surface area contributed by atoms with Crippen LogP contribution in [-0.4, -0.2) is 34.3 Å². The van der Waals surface area contributed by atoms with Crippen molar-refractivity contribution in [3.8, 4) is 0 Å². The highest BCUT2D eigenvalue weighted by molar-refractivity contribution is 7.13. The summed E-state index contributed by atoms with van der Waals surface area (Å²) in [5.41, 5.74) is 3.33. The Hall–Kier alpha value is -2.21. The second kappa shape index (κ2) is 6.36. The fourth-order valence-corrected chi connectivity index (χ4v) is 4.16. The summed E-state index contributed by atoms with van der Waals surface area (Å²) in [5.74, 6) is -0.182. The maximum atomic E-state index is 12.9. The fraction of sp³-hybridized carbons (Fsp3) is 0.389. The molecule has 1 fully saturated rings. The first-order valence-electron chi connectivity index (χ1n) is 8.35. The average molecular weight is 341 g/mol. The van der Waals surface area contributed by atoms with Gasteiger partial charge in [0, 0.05) is 23.7 Å². The van der Waals surface area contributed by atoms with Gasteiger partial charge in [-0.25, -0.2) is 4.98 Å². The first-order chi connectivity index (χ1) is 11.7. The van der Waals surface area contributed by atoms with Crippen LogP contribution in [0.4, 0.5) is 5.13 Å². The van der Waals surface area contributed by atoms with Gasteiger partial charge in [0.2, 0.25) is 5.91 Å². The van der Waals surface area contributed by atoms with E-state index in [9.17, 15) is 9.59 Å². The van der Waals surface area contributed by atoms with E-state index >= 15 is 0 Å². The predicted molar refractivity (Wildman–Crippen MR) is 93.3 cm³/mol. The van der Waals surface area contributed by atoms with E-state index in [-0.39, 0.29) is 11.8 Å². The molecule has 0 radical (unpaired) electrons. The number of hydrogen-bond acceptors (Lipinski definition) is 4. The summed E-state index contributed by atoms with van der Waals surface area (Å²) in [6, 6.07) is 5.57. The number of hydrogen-bond donors (Lipinski definition) is 1. The summed E-state index contributed by atoms with van der Waals surface area (Å²) in [6.45, 7) is 0.631. The Balaban J connectivity index is 1.51. The molecular formula is C18H19N3O2S. The summed E-state index contributed by atoms with van der Waals surface area (Å²) >= 11 is 1.38. The van der Waals surface area contributed by atoms with Gasteiger partial charge >= 0.3 is 0 Å². The molecule has 0 unspecified atom stereocenters. The second-order valence-corrected chi connectivity index (χ2v) is 7.21. The largest absolute Gasteiger partial charge is 0.327 e. The van der Waals surface area contributed by atoms with E-state index in [1.807, 2.05) is 17.5 Å². The maximum absolute atomic E-state index is 12.9. The zero-order chi connectivity index (χ0) is 16.5. The lowest BCUT2D eigenvalue weighted by Gasteiger charge is -2.24. The number of rotatable bonds is 3. The van der Waals surface area contributed by atoms with Crippen LogP contribution in [0, 0.1) is 0 Å². The highest BCUT2D eigenvalue weighted by Crippen LogP contribution is 2.26. The van der Waals surface area contributed by atoms with Crippen LogP contribution in [0.15, 0.2) is 29.8 Å². The molecule has 2 aromatic rings. The number of carbonyl (C=O) groups excluding carboxylic acids is 2. The average Bonchev–Trinajstić information content (AvgIpc) is 3.33. The molecule has 0 bridgehead atoms. The summed E-state index contributed by atoms with van der Waals surface area (Å²) < 4.78 is 0. The molecule has 1 aliphatic carbocycles. The van der Waals surface area contributed by atoms with Crippen molar-refractivity contribution >= 4 is 28.3 Å². The minimum absolute atomic E-state index is 0.0403. The van der Waals surface area contributed by atoms with Crippen molar-refractivity contribution in [3.05, 3.63) is 46.5 Å². The normalized spacial score (nSPS) is 19.3. The highest BCUT2D eigenvalue weighted by atomic mass is 32.1. The lowest BCUT2D eigenvalue weighted by atomic mass is 10.1. The Morgan fingerprint density at radius 3 is 2.92 bits per heavy atom. The summed E-state index contributed by atoms with van der Waals surface area (Å²) in [6.07, 6.45) is 6.52. The number of benzene rings is 1. The Kier molecular flexibility index (Phi) is 4.06. The number of aryl methyl sites for hydroxylation is 2. The first-order valence-corrected chi connectivity index (χ1v) is 9.23. The lowest BCUT2D eigenvalue weighted by molar-refractivity contribution is -0.119. The van der Waals surface area contributed by atoms with E-state index in [4.69, 9.17) is 0 Å². The third-order valence-corrected chi connectivity index (χ3v) is 5.51. The van der Waals surface area contributed by atoms with Crippen molar-refractivity contribution in [2.75, 3.05) is 11.9 Å². The highest BCUT2D eigenvalue weighted by Gasteiger charge is 2.35. The van der Waals surface area contributed by atoms with Crippen molar-refractivity contribution in [1.29, 1.82) is 0 Å². The molecule has 24 heavy (non-hydrogen) atoms. The van der Waals surface area contributed by atoms with Crippen LogP contribution in [0.5, 0.6) is 0 Å². The second-order valence-electron chi connectivity index (χ2n) is 6.32. The maximum Gasteiger partial charge on any atom is 0.254 e. The number of thiazole rings is 1. The van der Waals surface area contributed by atoms with Crippen molar-refractivity contribution < 1.29 is 9.59 Å². The van der Waals surface area contributed by atoms with Gasteiger partial charge in [-0.3, -0.25) is 9.59 Å². The lowest BCUT2D eigenvalue weighted by Crippen LogP contribution is -2.43. The zero-order valence-corrected chi connectivity index (χ0v) is 14.1. The Bertz CT molecular complexity index is 773. The molecule has 1 aromatic heterocycles. The number of fused-ring (bicyclic) bond motifs is 1. The van der Waals surface area contributed by atoms with Crippen LogP contribution in [-0.2, 0) is 17.6 Å². The monoisotopic (exact) mass is 341 g/mol. The quantitative estimate of drug-likeness (QED) is 0.934. The van der Waals surface area contributed by atoms with E-state index in [2.05, 4.69) is 16.4 Å². The van der Waals surface area contributed by atoms with Gasteiger partial charge in [0.15, 0.2) is 5.13 Å². The first kappa shape index (κ1) is 15.3. The molecule has 5 nitrogen and oxygen atoms in total. The minimum Gasteiger partial charge on any atom is -0.327 e. The molecule has 1 N–H and O–H groups in total. The Labute approximate surface area is 144 Å². The number of likely N-dealkylation sites (tertiary alicyclic amines) is 1. The van der Waals surface area contributed by atoms with E-state index in [0.717, 1.165) is 25.7 Å². The minimum atomic E-state index is -0.408. The predicted octanol–water partition coefficient (Wildman–Crippen LogP) is 2.88. The Morgan fingerprint density at radius 2 is 2.08 bits per heavy atom. The van der Waals surface area contributed by atoms with E-state index < -0.39 is 6.04 Å². The molecule has 124 valence electrons. The summed E-state index contributed by atoms with van der Waals surface area (Å²) in [5, 5.41) is 5.21. The molecule has 2 heterocycles. The fourth-order valence-electron chi connectivity index (χ4n) is 3.63. The molecule has 2 aliphatic rings. The Morgan fingerprint density at radius 1 is 1.21 bits per heavy atom. The number of amides is 2. The molecule has 2 amide bonds. The number of nitrogens with zero attached hydrogens (tertiary/aromatic N) is 2. The van der Waals surface area contributed by atoms with Gasteiger partial charge in [-0.1, -0.05) is 6.07 Å². The molecule has 1 aliphatic heterocycles. The van der Waals surface area contributed by atoms with Gasteiger partial charge in [0.1, 0.15) is 6.04 Å². The van der Waals surface area contributed by atoms with E-state index in [0.29, 0.717) is 23.7 Å². The van der Waals surface area contributed by atoms with Crippen molar-refractivity contribution in [1.82, 2.24) is 9.88 Å². The van der Waals surface area contributed by atoms with Crippen LogP contribution in [0.1, 0.15) is 40.7 Å². The van der Waals surface area contributed by atoms with Gasteiger partial charge in [0.25, 0.3) is 5.91 Å². The van der Waals surface area contributed by atoms with Gasteiger partial charge in [0.05, 0.1) is 0 Å². The molecule has 1 atom stereocenters. The van der Waals surface area contributed by atoms with Crippen LogP contribution in [0.2, 0.25) is 0 Å².